The van der Waals surface area contributed by atoms with E-state index in [1.807, 2.05) is 0 Å². The molecule has 2 fully saturated rings. The smallest absolute Gasteiger partial charge is 0.0306 e. The van der Waals surface area contributed by atoms with Crippen LogP contribution in [0.25, 0.3) is 0 Å². The minimum atomic E-state index is 0.669. The van der Waals surface area contributed by atoms with Crippen LogP contribution in [0.15, 0.2) is 11.6 Å². The van der Waals surface area contributed by atoms with Crippen molar-refractivity contribution in [3.63, 3.8) is 0 Å². The summed E-state index contributed by atoms with van der Waals surface area (Å²) < 4.78 is 0. The maximum atomic E-state index is 3.64. The molecule has 2 heteroatoms. The van der Waals surface area contributed by atoms with Crippen molar-refractivity contribution in [2.24, 2.45) is 5.92 Å². The Labute approximate surface area is 112 Å². The molecule has 2 aliphatic heterocycles. The van der Waals surface area contributed by atoms with Gasteiger partial charge in [-0.3, -0.25) is 0 Å². The Balaban J connectivity index is 1.71. The summed E-state index contributed by atoms with van der Waals surface area (Å²) in [5.74, 6) is 0.882. The van der Waals surface area contributed by atoms with Gasteiger partial charge in [0.25, 0.3) is 0 Å². The Bertz CT molecular complexity index is 309. The minimum Gasteiger partial charge on any atom is -0.313 e. The van der Waals surface area contributed by atoms with Gasteiger partial charge in [-0.15, -0.1) is 0 Å². The third-order valence-corrected chi connectivity index (χ3v) is 5.64. The van der Waals surface area contributed by atoms with E-state index in [0.29, 0.717) is 6.04 Å². The van der Waals surface area contributed by atoms with Gasteiger partial charge in [0, 0.05) is 18.1 Å². The number of nitrogens with zero attached hydrogens (tertiary/aromatic N) is 1. The number of likely N-dealkylation sites (N-methyl/N-ethyl adjacent to an activating group) is 1. The van der Waals surface area contributed by atoms with Crippen LogP contribution in [-0.2, 0) is 0 Å². The Morgan fingerprint density at radius 1 is 1.22 bits per heavy atom. The molecule has 3 rings (SSSR count). The largest absolute Gasteiger partial charge is 0.313 e. The maximum Gasteiger partial charge on any atom is 0.0306 e. The Kier molecular flexibility index (Phi) is 3.76. The molecule has 1 N–H and O–H groups in total. The number of hydrogen-bond donors (Lipinski definition) is 1. The van der Waals surface area contributed by atoms with E-state index >= 15 is 0 Å². The maximum absolute atomic E-state index is 3.64. The predicted molar refractivity (Wildman–Crippen MR) is 76.7 cm³/mol. The molecule has 0 aromatic carbocycles. The third-order valence-electron chi connectivity index (χ3n) is 5.64. The lowest BCUT2D eigenvalue weighted by Gasteiger charge is -2.41. The molecule has 1 aliphatic carbocycles. The van der Waals surface area contributed by atoms with Gasteiger partial charge >= 0.3 is 0 Å². The van der Waals surface area contributed by atoms with Crippen LogP contribution < -0.4 is 5.32 Å². The van der Waals surface area contributed by atoms with Gasteiger partial charge in [-0.1, -0.05) is 11.6 Å². The summed E-state index contributed by atoms with van der Waals surface area (Å²) in [6.45, 7) is 0. The molecule has 0 aromatic rings. The van der Waals surface area contributed by atoms with E-state index < -0.39 is 0 Å². The van der Waals surface area contributed by atoms with Crippen molar-refractivity contribution in [2.45, 2.75) is 69.5 Å². The highest BCUT2D eigenvalue weighted by Gasteiger charge is 2.41. The van der Waals surface area contributed by atoms with Crippen LogP contribution in [-0.4, -0.2) is 37.1 Å². The fourth-order valence-electron chi connectivity index (χ4n) is 4.60. The zero-order chi connectivity index (χ0) is 12.5. The lowest BCUT2D eigenvalue weighted by Crippen LogP contribution is -2.47. The molecule has 18 heavy (non-hydrogen) atoms. The summed E-state index contributed by atoms with van der Waals surface area (Å²) >= 11 is 0. The molecule has 0 aromatic heterocycles. The highest BCUT2D eigenvalue weighted by molar-refractivity contribution is 5.16. The Morgan fingerprint density at radius 2 is 1.94 bits per heavy atom. The van der Waals surface area contributed by atoms with Crippen LogP contribution in [0.4, 0.5) is 0 Å². The number of nitrogens with one attached hydrogen (secondary N) is 1. The van der Waals surface area contributed by atoms with E-state index in [0.717, 1.165) is 18.0 Å². The summed E-state index contributed by atoms with van der Waals surface area (Å²) in [5, 5.41) is 3.64. The number of piperidine rings is 1. The fraction of sp³-hybridized carbons (Fsp3) is 0.875. The minimum absolute atomic E-state index is 0.669. The van der Waals surface area contributed by atoms with Crippen LogP contribution in [0.3, 0.4) is 0 Å². The van der Waals surface area contributed by atoms with Crippen molar-refractivity contribution >= 4 is 0 Å². The van der Waals surface area contributed by atoms with Gasteiger partial charge in [-0.2, -0.15) is 0 Å². The van der Waals surface area contributed by atoms with Gasteiger partial charge in [0.1, 0.15) is 0 Å². The standard InChI is InChI=1S/C16H28N2/c1-17-16(12-6-4-3-5-7-12)13-10-14-8-9-15(11-13)18(14)2/h6,13-17H,3-5,7-11H2,1-2H3. The molecule has 0 saturated carbocycles. The Morgan fingerprint density at radius 3 is 2.50 bits per heavy atom. The molecular weight excluding hydrogens is 220 g/mol. The summed E-state index contributed by atoms with van der Waals surface area (Å²) in [4.78, 5) is 2.65. The fourth-order valence-corrected chi connectivity index (χ4v) is 4.60. The van der Waals surface area contributed by atoms with Crippen molar-refractivity contribution < 1.29 is 0 Å². The second kappa shape index (κ2) is 5.34. The van der Waals surface area contributed by atoms with Crippen molar-refractivity contribution in [3.8, 4) is 0 Å². The molecule has 3 unspecified atom stereocenters. The molecule has 2 bridgehead atoms. The molecule has 2 saturated heterocycles. The van der Waals surface area contributed by atoms with Crippen LogP contribution >= 0.6 is 0 Å². The highest BCUT2D eigenvalue weighted by Crippen LogP contribution is 2.40. The van der Waals surface area contributed by atoms with Crippen molar-refractivity contribution in [2.75, 3.05) is 14.1 Å². The van der Waals surface area contributed by atoms with Crippen molar-refractivity contribution in [1.82, 2.24) is 10.2 Å². The average Bonchev–Trinajstić information content (AvgIpc) is 2.64. The lowest BCUT2D eigenvalue weighted by atomic mass is 9.79. The average molecular weight is 248 g/mol. The van der Waals surface area contributed by atoms with E-state index in [1.165, 1.54) is 51.4 Å². The number of hydrogen-bond acceptors (Lipinski definition) is 2. The molecule has 0 amide bonds. The first-order chi connectivity index (χ1) is 8.79. The summed E-state index contributed by atoms with van der Waals surface area (Å²) in [5.41, 5.74) is 1.72. The summed E-state index contributed by atoms with van der Waals surface area (Å²) in [7, 11) is 4.51. The molecule has 2 nitrogen and oxygen atoms in total. The second-order valence-electron chi connectivity index (χ2n) is 6.57. The van der Waals surface area contributed by atoms with Gasteiger partial charge in [-0.05, 0) is 71.4 Å². The van der Waals surface area contributed by atoms with Crippen molar-refractivity contribution in [1.29, 1.82) is 0 Å². The number of allylic oxidation sites excluding steroid dienone is 1. The van der Waals surface area contributed by atoms with E-state index in [4.69, 9.17) is 0 Å². The normalized spacial score (nSPS) is 38.6. The van der Waals surface area contributed by atoms with Gasteiger partial charge in [0.2, 0.25) is 0 Å². The zero-order valence-corrected chi connectivity index (χ0v) is 12.0. The van der Waals surface area contributed by atoms with Crippen LogP contribution in [0, 0.1) is 5.92 Å². The molecule has 0 spiro atoms. The first kappa shape index (κ1) is 12.7. The highest BCUT2D eigenvalue weighted by atomic mass is 15.2. The van der Waals surface area contributed by atoms with Gasteiger partial charge in [0.15, 0.2) is 0 Å². The van der Waals surface area contributed by atoms with Gasteiger partial charge in [0.05, 0.1) is 0 Å². The molecule has 102 valence electrons. The van der Waals surface area contributed by atoms with Crippen molar-refractivity contribution in [3.05, 3.63) is 11.6 Å². The Hall–Kier alpha value is -0.340. The second-order valence-corrected chi connectivity index (χ2v) is 6.57. The summed E-state index contributed by atoms with van der Waals surface area (Å²) in [6.07, 6.45) is 13.7. The predicted octanol–water partition coefficient (Wildman–Crippen LogP) is 2.95. The lowest BCUT2D eigenvalue weighted by molar-refractivity contribution is 0.120. The van der Waals surface area contributed by atoms with E-state index in [1.54, 1.807) is 5.57 Å². The molecule has 3 aliphatic rings. The van der Waals surface area contributed by atoms with Gasteiger partial charge < -0.3 is 10.2 Å². The quantitative estimate of drug-likeness (QED) is 0.773. The summed E-state index contributed by atoms with van der Waals surface area (Å²) in [6, 6.07) is 2.41. The number of fused-ring (bicyclic) bond motifs is 2. The van der Waals surface area contributed by atoms with Gasteiger partial charge in [-0.25, -0.2) is 0 Å². The molecule has 0 radical (unpaired) electrons. The van der Waals surface area contributed by atoms with Crippen LogP contribution in [0.5, 0.6) is 0 Å². The zero-order valence-electron chi connectivity index (χ0n) is 12.0. The van der Waals surface area contributed by atoms with Crippen LogP contribution in [0.1, 0.15) is 51.4 Å². The van der Waals surface area contributed by atoms with E-state index in [-0.39, 0.29) is 0 Å². The van der Waals surface area contributed by atoms with E-state index in [2.05, 4.69) is 30.4 Å². The number of rotatable bonds is 3. The first-order valence-corrected chi connectivity index (χ1v) is 7.87. The topological polar surface area (TPSA) is 15.3 Å². The molecule has 2 heterocycles. The third kappa shape index (κ3) is 2.25. The van der Waals surface area contributed by atoms with Crippen LogP contribution in [0.2, 0.25) is 0 Å². The monoisotopic (exact) mass is 248 g/mol. The first-order valence-electron chi connectivity index (χ1n) is 7.87. The van der Waals surface area contributed by atoms with E-state index in [9.17, 15) is 0 Å². The molecular formula is C16H28N2. The SMILES string of the molecule is CNC(C1=CCCCC1)C1CC2CCC(C1)N2C. The molecule has 3 atom stereocenters.